The number of aromatic nitrogens is 2. The van der Waals surface area contributed by atoms with Gasteiger partial charge in [-0.15, -0.1) is 24.8 Å². The number of nitrogens with one attached hydrogen (secondary N) is 1. The van der Waals surface area contributed by atoms with Crippen LogP contribution in [0.1, 0.15) is 41.3 Å². The standard InChI is InChI=1S/C17H24N4O.2ClH/c1-12-9-15(16(22)20-11-17(3,4)18)13(2)21(12)10-14-7-5-6-8-19-14;;/h5-9H,10-11,18H2,1-4H3,(H,20,22);2*1H. The van der Waals surface area contributed by atoms with E-state index in [2.05, 4.69) is 14.9 Å². The van der Waals surface area contributed by atoms with E-state index in [9.17, 15) is 4.79 Å². The molecule has 0 aromatic carbocycles. The number of carbonyl (C=O) groups excluding carboxylic acids is 1. The molecule has 2 rings (SSSR count). The van der Waals surface area contributed by atoms with E-state index in [4.69, 9.17) is 5.73 Å². The number of aryl methyl sites for hydroxylation is 1. The highest BCUT2D eigenvalue weighted by molar-refractivity contribution is 5.95. The average Bonchev–Trinajstić information content (AvgIpc) is 2.73. The number of rotatable bonds is 5. The van der Waals surface area contributed by atoms with Crippen LogP contribution in [0.4, 0.5) is 0 Å². The molecule has 1 amide bonds. The maximum absolute atomic E-state index is 12.3. The van der Waals surface area contributed by atoms with Gasteiger partial charge in [0.25, 0.3) is 5.91 Å². The molecule has 0 unspecified atom stereocenters. The fourth-order valence-corrected chi connectivity index (χ4v) is 2.33. The zero-order valence-electron chi connectivity index (χ0n) is 14.5. The number of halogens is 2. The number of pyridine rings is 1. The second kappa shape index (κ2) is 9.06. The van der Waals surface area contributed by atoms with Crippen LogP contribution >= 0.6 is 24.8 Å². The van der Waals surface area contributed by atoms with Crippen molar-refractivity contribution >= 4 is 30.7 Å². The van der Waals surface area contributed by atoms with Crippen LogP contribution in [-0.2, 0) is 6.54 Å². The Morgan fingerprint density at radius 3 is 2.50 bits per heavy atom. The maximum Gasteiger partial charge on any atom is 0.253 e. The van der Waals surface area contributed by atoms with Gasteiger partial charge < -0.3 is 15.6 Å². The summed E-state index contributed by atoms with van der Waals surface area (Å²) in [6.45, 7) is 8.83. The van der Waals surface area contributed by atoms with Crippen molar-refractivity contribution in [3.8, 4) is 0 Å². The van der Waals surface area contributed by atoms with E-state index in [1.807, 2.05) is 52.0 Å². The van der Waals surface area contributed by atoms with E-state index in [0.29, 0.717) is 18.7 Å². The molecule has 0 fully saturated rings. The van der Waals surface area contributed by atoms with Gasteiger partial charge in [0, 0.05) is 29.7 Å². The van der Waals surface area contributed by atoms with Gasteiger partial charge in [0.05, 0.1) is 17.8 Å². The molecule has 2 aromatic rings. The van der Waals surface area contributed by atoms with Gasteiger partial charge >= 0.3 is 0 Å². The van der Waals surface area contributed by atoms with Crippen molar-refractivity contribution in [3.05, 3.63) is 53.1 Å². The summed E-state index contributed by atoms with van der Waals surface area (Å²) in [6.07, 6.45) is 1.78. The highest BCUT2D eigenvalue weighted by atomic mass is 35.5. The van der Waals surface area contributed by atoms with E-state index in [0.717, 1.165) is 17.1 Å². The molecule has 0 atom stereocenters. The van der Waals surface area contributed by atoms with E-state index >= 15 is 0 Å². The van der Waals surface area contributed by atoms with E-state index in [-0.39, 0.29) is 30.7 Å². The van der Waals surface area contributed by atoms with Crippen molar-refractivity contribution in [2.75, 3.05) is 6.54 Å². The van der Waals surface area contributed by atoms with Gasteiger partial charge in [0.1, 0.15) is 0 Å². The molecule has 24 heavy (non-hydrogen) atoms. The Bertz CT molecular complexity index is 663. The van der Waals surface area contributed by atoms with Crippen LogP contribution < -0.4 is 11.1 Å². The molecule has 0 saturated carbocycles. The van der Waals surface area contributed by atoms with Crippen LogP contribution in [0.3, 0.4) is 0 Å². The van der Waals surface area contributed by atoms with Crippen molar-refractivity contribution in [1.82, 2.24) is 14.9 Å². The summed E-state index contributed by atoms with van der Waals surface area (Å²) in [7, 11) is 0. The molecular formula is C17H26Cl2N4O. The minimum atomic E-state index is -0.421. The highest BCUT2D eigenvalue weighted by Gasteiger charge is 2.18. The van der Waals surface area contributed by atoms with Crippen LogP contribution in [0, 0.1) is 13.8 Å². The second-order valence-electron chi connectivity index (χ2n) is 6.36. The number of hydrogen-bond donors (Lipinski definition) is 2. The first-order valence-corrected chi connectivity index (χ1v) is 7.41. The molecule has 7 heteroatoms. The maximum atomic E-state index is 12.3. The first-order valence-electron chi connectivity index (χ1n) is 7.41. The Morgan fingerprint density at radius 1 is 1.29 bits per heavy atom. The Kier molecular flexibility index (Phi) is 8.47. The smallest absolute Gasteiger partial charge is 0.253 e. The Morgan fingerprint density at radius 2 is 1.96 bits per heavy atom. The van der Waals surface area contributed by atoms with E-state index < -0.39 is 5.54 Å². The lowest BCUT2D eigenvalue weighted by Gasteiger charge is -2.18. The molecule has 0 spiro atoms. The Balaban J connectivity index is 0.00000264. The first-order chi connectivity index (χ1) is 10.3. The van der Waals surface area contributed by atoms with Crippen LogP contribution in [0.15, 0.2) is 30.5 Å². The minimum Gasteiger partial charge on any atom is -0.350 e. The molecule has 134 valence electrons. The summed E-state index contributed by atoms with van der Waals surface area (Å²) < 4.78 is 2.10. The SMILES string of the molecule is Cc1cc(C(=O)NCC(C)(C)N)c(C)n1Cc1ccccn1.Cl.Cl. The molecule has 2 aromatic heterocycles. The summed E-state index contributed by atoms with van der Waals surface area (Å²) >= 11 is 0. The molecule has 0 radical (unpaired) electrons. The molecule has 0 saturated heterocycles. The minimum absolute atomic E-state index is 0. The fraction of sp³-hybridized carbons (Fsp3) is 0.412. The monoisotopic (exact) mass is 372 g/mol. The highest BCUT2D eigenvalue weighted by Crippen LogP contribution is 2.16. The average molecular weight is 373 g/mol. The van der Waals surface area contributed by atoms with Crippen molar-refractivity contribution in [2.45, 2.75) is 39.8 Å². The second-order valence-corrected chi connectivity index (χ2v) is 6.36. The van der Waals surface area contributed by atoms with Gasteiger partial charge in [0.2, 0.25) is 0 Å². The van der Waals surface area contributed by atoms with E-state index in [1.54, 1.807) is 6.20 Å². The Hall–Kier alpha value is -1.56. The van der Waals surface area contributed by atoms with Crippen molar-refractivity contribution in [2.24, 2.45) is 5.73 Å². The quantitative estimate of drug-likeness (QED) is 0.847. The van der Waals surface area contributed by atoms with Gasteiger partial charge in [0.15, 0.2) is 0 Å². The summed E-state index contributed by atoms with van der Waals surface area (Å²) in [6, 6.07) is 7.76. The number of amides is 1. The molecule has 5 nitrogen and oxygen atoms in total. The summed E-state index contributed by atoms with van der Waals surface area (Å²) in [4.78, 5) is 16.7. The third-order valence-corrected chi connectivity index (χ3v) is 3.57. The molecule has 3 N–H and O–H groups in total. The summed E-state index contributed by atoms with van der Waals surface area (Å²) in [5.41, 5.74) is 9.13. The molecule has 0 aliphatic carbocycles. The third kappa shape index (κ3) is 5.82. The van der Waals surface area contributed by atoms with Gasteiger partial charge in [-0.1, -0.05) is 6.07 Å². The van der Waals surface area contributed by atoms with Crippen LogP contribution in [0.2, 0.25) is 0 Å². The number of nitrogens with two attached hydrogens (primary N) is 1. The van der Waals surface area contributed by atoms with Crippen LogP contribution in [-0.4, -0.2) is 27.5 Å². The fourth-order valence-electron chi connectivity index (χ4n) is 2.33. The zero-order chi connectivity index (χ0) is 16.3. The zero-order valence-corrected chi connectivity index (χ0v) is 16.1. The van der Waals surface area contributed by atoms with Gasteiger partial charge in [-0.05, 0) is 45.9 Å². The first kappa shape index (κ1) is 22.4. The van der Waals surface area contributed by atoms with Crippen molar-refractivity contribution in [3.63, 3.8) is 0 Å². The molecular weight excluding hydrogens is 347 g/mol. The van der Waals surface area contributed by atoms with E-state index in [1.165, 1.54) is 0 Å². The number of carbonyl (C=O) groups is 1. The van der Waals surface area contributed by atoms with Crippen molar-refractivity contribution in [1.29, 1.82) is 0 Å². The number of hydrogen-bond acceptors (Lipinski definition) is 3. The predicted molar refractivity (Wildman–Crippen MR) is 102 cm³/mol. The van der Waals surface area contributed by atoms with Crippen molar-refractivity contribution < 1.29 is 4.79 Å². The summed E-state index contributed by atoms with van der Waals surface area (Å²) in [5.74, 6) is -0.0844. The van der Waals surface area contributed by atoms with Gasteiger partial charge in [-0.25, -0.2) is 0 Å². The summed E-state index contributed by atoms with van der Waals surface area (Å²) in [5, 5.41) is 2.89. The Labute approximate surface area is 155 Å². The largest absolute Gasteiger partial charge is 0.350 e. The van der Waals surface area contributed by atoms with Crippen LogP contribution in [0.25, 0.3) is 0 Å². The lowest BCUT2D eigenvalue weighted by molar-refractivity contribution is 0.0945. The molecule has 2 heterocycles. The molecule has 0 bridgehead atoms. The lowest BCUT2D eigenvalue weighted by atomic mass is 10.1. The lowest BCUT2D eigenvalue weighted by Crippen LogP contribution is -2.45. The topological polar surface area (TPSA) is 72.9 Å². The predicted octanol–water partition coefficient (Wildman–Crippen LogP) is 2.86. The molecule has 0 aliphatic rings. The normalized spacial score (nSPS) is 10.5. The van der Waals surface area contributed by atoms with Gasteiger partial charge in [-0.3, -0.25) is 9.78 Å². The molecule has 0 aliphatic heterocycles. The number of nitrogens with zero attached hydrogens (tertiary/aromatic N) is 2. The van der Waals surface area contributed by atoms with Crippen LogP contribution in [0.5, 0.6) is 0 Å². The van der Waals surface area contributed by atoms with Gasteiger partial charge in [-0.2, -0.15) is 0 Å². The third-order valence-electron chi connectivity index (χ3n) is 3.57.